The number of rotatable bonds is 7. The molecule has 0 atom stereocenters. The van der Waals surface area contributed by atoms with Gasteiger partial charge in [0.05, 0.1) is 7.11 Å². The van der Waals surface area contributed by atoms with Gasteiger partial charge in [-0.05, 0) is 42.0 Å². The van der Waals surface area contributed by atoms with Gasteiger partial charge in [0.25, 0.3) is 0 Å². The highest BCUT2D eigenvalue weighted by atomic mass is 35.5. The monoisotopic (exact) mass is 455 g/mol. The van der Waals surface area contributed by atoms with Crippen molar-refractivity contribution in [2.75, 3.05) is 12.4 Å². The molecular formula is C21H18ClN5O3S. The molecule has 31 heavy (non-hydrogen) atoms. The number of amides is 1. The predicted octanol–water partition coefficient (Wildman–Crippen LogP) is 3.48. The van der Waals surface area contributed by atoms with Crippen molar-refractivity contribution in [3.8, 4) is 5.75 Å². The van der Waals surface area contributed by atoms with Gasteiger partial charge in [-0.25, -0.2) is 9.48 Å². The van der Waals surface area contributed by atoms with E-state index in [9.17, 15) is 9.59 Å². The highest BCUT2D eigenvalue weighted by Gasteiger charge is 2.13. The number of methoxy groups -OCH3 is 1. The molecule has 0 radical (unpaired) electrons. The molecule has 0 aliphatic heterocycles. The van der Waals surface area contributed by atoms with Crippen LogP contribution in [-0.2, 0) is 17.1 Å². The van der Waals surface area contributed by atoms with Crippen LogP contribution < -0.4 is 15.7 Å². The molecule has 4 aromatic rings. The number of halogens is 1. The van der Waals surface area contributed by atoms with E-state index in [1.54, 1.807) is 43.5 Å². The molecule has 10 heteroatoms. The zero-order chi connectivity index (χ0) is 21.8. The topological polar surface area (TPSA) is 90.5 Å². The molecule has 4 rings (SSSR count). The quantitative estimate of drug-likeness (QED) is 0.429. The number of hydrogen-bond donors (Lipinski definition) is 1. The smallest absolute Gasteiger partial charge is 0.367 e. The van der Waals surface area contributed by atoms with Gasteiger partial charge < -0.3 is 10.1 Å². The van der Waals surface area contributed by atoms with Gasteiger partial charge in [0.1, 0.15) is 17.3 Å². The van der Waals surface area contributed by atoms with Crippen LogP contribution in [0, 0.1) is 0 Å². The summed E-state index contributed by atoms with van der Waals surface area (Å²) in [6.07, 6.45) is 0. The Kier molecular flexibility index (Phi) is 6.24. The molecular weight excluding hydrogens is 438 g/mol. The number of anilines is 1. The molecule has 1 amide bonds. The maximum atomic E-state index is 12.7. The Morgan fingerprint density at radius 3 is 2.71 bits per heavy atom. The fourth-order valence-corrected chi connectivity index (χ4v) is 3.78. The molecule has 0 spiro atoms. The summed E-state index contributed by atoms with van der Waals surface area (Å²) >= 11 is 7.40. The third-order valence-electron chi connectivity index (χ3n) is 4.36. The van der Waals surface area contributed by atoms with Crippen LogP contribution in [0.15, 0.2) is 70.5 Å². The number of carbonyl (C=O) groups is 1. The lowest BCUT2D eigenvalue weighted by molar-refractivity contribution is -0.117. The lowest BCUT2D eigenvalue weighted by Crippen LogP contribution is -2.28. The first kappa shape index (κ1) is 21.0. The molecule has 0 bridgehead atoms. The van der Waals surface area contributed by atoms with Crippen molar-refractivity contribution in [1.82, 2.24) is 19.4 Å². The summed E-state index contributed by atoms with van der Waals surface area (Å²) in [7, 11) is 1.55. The van der Waals surface area contributed by atoms with Gasteiger partial charge >= 0.3 is 5.69 Å². The molecule has 1 N–H and O–H groups in total. The molecule has 158 valence electrons. The molecule has 0 unspecified atom stereocenters. The first-order valence-corrected chi connectivity index (χ1v) is 10.7. The van der Waals surface area contributed by atoms with Crippen molar-refractivity contribution >= 4 is 40.6 Å². The zero-order valence-electron chi connectivity index (χ0n) is 16.5. The van der Waals surface area contributed by atoms with Crippen LogP contribution in [0.2, 0.25) is 5.02 Å². The highest BCUT2D eigenvalue weighted by Crippen LogP contribution is 2.21. The molecule has 8 nitrogen and oxygen atoms in total. The van der Waals surface area contributed by atoms with Gasteiger partial charge in [0.2, 0.25) is 5.91 Å². The van der Waals surface area contributed by atoms with Crippen molar-refractivity contribution in [2.45, 2.75) is 17.3 Å². The average molecular weight is 456 g/mol. The van der Waals surface area contributed by atoms with Gasteiger partial charge in [-0.2, -0.15) is 9.61 Å². The second-order valence-corrected chi connectivity index (χ2v) is 8.01. The number of nitrogens with one attached hydrogen (secondary N) is 1. The van der Waals surface area contributed by atoms with Crippen molar-refractivity contribution in [2.24, 2.45) is 0 Å². The summed E-state index contributed by atoms with van der Waals surface area (Å²) in [5.74, 6) is 0.924. The molecule has 0 aliphatic carbocycles. The van der Waals surface area contributed by atoms with Crippen molar-refractivity contribution in [3.05, 3.63) is 81.7 Å². The third-order valence-corrected chi connectivity index (χ3v) is 5.61. The number of thioether (sulfide) groups is 1. The first-order valence-electron chi connectivity index (χ1n) is 9.30. The van der Waals surface area contributed by atoms with Gasteiger partial charge in [-0.15, -0.1) is 5.10 Å². The van der Waals surface area contributed by atoms with Gasteiger partial charge in [-0.3, -0.25) is 4.79 Å². The van der Waals surface area contributed by atoms with Crippen molar-refractivity contribution < 1.29 is 9.53 Å². The average Bonchev–Trinajstić information content (AvgIpc) is 3.08. The van der Waals surface area contributed by atoms with Gasteiger partial charge in [0, 0.05) is 22.5 Å². The van der Waals surface area contributed by atoms with E-state index in [2.05, 4.69) is 15.5 Å². The summed E-state index contributed by atoms with van der Waals surface area (Å²) < 4.78 is 7.43. The van der Waals surface area contributed by atoms with Crippen LogP contribution in [0.5, 0.6) is 5.75 Å². The lowest BCUT2D eigenvalue weighted by atomic mass is 10.2. The zero-order valence-corrected chi connectivity index (χ0v) is 18.1. The standard InChI is InChI=1S/C21H18ClN5O3S/c1-30-17-4-2-3-16(11-17)23-19(28)12-26-21(29)27-18(24-26)9-10-20(25-27)31-13-14-5-7-15(22)8-6-14/h2-11H,12-13H2,1H3,(H,23,28). The Bertz CT molecular complexity index is 1290. The number of aromatic nitrogens is 4. The van der Waals surface area contributed by atoms with Crippen LogP contribution in [-0.4, -0.2) is 32.4 Å². The summed E-state index contributed by atoms with van der Waals surface area (Å²) in [6.45, 7) is -0.230. The SMILES string of the molecule is COc1cccc(NC(=O)Cn2nc3ccc(SCc4ccc(Cl)cc4)nn3c2=O)c1. The van der Waals surface area contributed by atoms with E-state index >= 15 is 0 Å². The Morgan fingerprint density at radius 1 is 1.13 bits per heavy atom. The minimum Gasteiger partial charge on any atom is -0.497 e. The second-order valence-electron chi connectivity index (χ2n) is 6.58. The summed E-state index contributed by atoms with van der Waals surface area (Å²) in [6, 6.07) is 18.0. The summed E-state index contributed by atoms with van der Waals surface area (Å²) in [5, 5.41) is 12.6. The van der Waals surface area contributed by atoms with E-state index in [-0.39, 0.29) is 12.5 Å². The maximum Gasteiger partial charge on any atom is 0.367 e. The number of benzene rings is 2. The largest absolute Gasteiger partial charge is 0.497 e. The molecule has 2 aromatic heterocycles. The molecule has 0 saturated carbocycles. The van der Waals surface area contributed by atoms with E-state index in [1.807, 2.05) is 24.3 Å². The van der Waals surface area contributed by atoms with Crippen LogP contribution in [0.4, 0.5) is 5.69 Å². The first-order chi connectivity index (χ1) is 15.0. The predicted molar refractivity (Wildman–Crippen MR) is 120 cm³/mol. The minimum absolute atomic E-state index is 0.230. The fourth-order valence-electron chi connectivity index (χ4n) is 2.85. The summed E-state index contributed by atoms with van der Waals surface area (Å²) in [5.41, 5.74) is 1.55. The number of ether oxygens (including phenoxy) is 1. The van der Waals surface area contributed by atoms with Crippen LogP contribution in [0.1, 0.15) is 5.56 Å². The molecule has 2 aromatic carbocycles. The van der Waals surface area contributed by atoms with E-state index < -0.39 is 5.69 Å². The molecule has 0 aliphatic rings. The van der Waals surface area contributed by atoms with Crippen molar-refractivity contribution in [1.29, 1.82) is 0 Å². The minimum atomic E-state index is -0.482. The Hall–Kier alpha value is -3.30. The number of carbonyl (C=O) groups excluding carboxylic acids is 1. The number of fused-ring (bicyclic) bond motifs is 1. The van der Waals surface area contributed by atoms with E-state index in [1.165, 1.54) is 16.3 Å². The third kappa shape index (κ3) is 5.07. The fraction of sp³-hybridized carbons (Fsp3) is 0.143. The van der Waals surface area contributed by atoms with E-state index in [0.29, 0.717) is 32.9 Å². The maximum absolute atomic E-state index is 12.7. The molecule has 0 fully saturated rings. The van der Waals surface area contributed by atoms with Crippen LogP contribution in [0.25, 0.3) is 5.65 Å². The van der Waals surface area contributed by atoms with Gasteiger partial charge in [0.15, 0.2) is 5.65 Å². The normalized spacial score (nSPS) is 10.9. The van der Waals surface area contributed by atoms with E-state index in [4.69, 9.17) is 16.3 Å². The lowest BCUT2D eigenvalue weighted by Gasteiger charge is -2.06. The Balaban J connectivity index is 1.46. The molecule has 2 heterocycles. The van der Waals surface area contributed by atoms with Crippen LogP contribution >= 0.6 is 23.4 Å². The number of nitrogens with zero attached hydrogens (tertiary/aromatic N) is 4. The van der Waals surface area contributed by atoms with Crippen LogP contribution in [0.3, 0.4) is 0 Å². The van der Waals surface area contributed by atoms with E-state index in [0.717, 1.165) is 10.2 Å². The number of hydrogen-bond acceptors (Lipinski definition) is 6. The highest BCUT2D eigenvalue weighted by molar-refractivity contribution is 7.98. The second kappa shape index (κ2) is 9.23. The van der Waals surface area contributed by atoms with Crippen molar-refractivity contribution in [3.63, 3.8) is 0 Å². The Morgan fingerprint density at radius 2 is 1.94 bits per heavy atom. The summed E-state index contributed by atoms with van der Waals surface area (Å²) in [4.78, 5) is 25.0. The molecule has 0 saturated heterocycles. The Labute approximate surface area is 186 Å². The van der Waals surface area contributed by atoms with Gasteiger partial charge in [-0.1, -0.05) is 41.6 Å².